The summed E-state index contributed by atoms with van der Waals surface area (Å²) in [6.45, 7) is 3.95. The molecule has 0 unspecified atom stereocenters. The van der Waals surface area contributed by atoms with E-state index in [0.717, 1.165) is 33.5 Å². The van der Waals surface area contributed by atoms with Crippen molar-refractivity contribution in [3.8, 4) is 11.4 Å². The van der Waals surface area contributed by atoms with Gasteiger partial charge in [0.1, 0.15) is 17.3 Å². The van der Waals surface area contributed by atoms with Crippen LogP contribution in [0.15, 0.2) is 48.9 Å². The molecule has 3 aromatic heterocycles. The summed E-state index contributed by atoms with van der Waals surface area (Å²) in [5.41, 5.74) is 3.45. The minimum absolute atomic E-state index is 0. The Morgan fingerprint density at radius 1 is 1.19 bits per heavy atom. The third kappa shape index (κ3) is 3.48. The molecular weight excluding hydrogens is 365 g/mol. The lowest BCUT2D eigenvalue weighted by molar-refractivity contribution is 0.626. The lowest BCUT2D eigenvalue weighted by Gasteiger charge is -2.17. The summed E-state index contributed by atoms with van der Waals surface area (Å²) in [6, 6.07) is 8.23. The molecule has 0 bridgehead atoms. The Balaban J connectivity index is 0.00000150. The number of fused-ring (bicyclic) bond motifs is 1. The van der Waals surface area contributed by atoms with E-state index in [0.29, 0.717) is 10.8 Å². The largest absolute Gasteiger partial charge is 0.363 e. The molecule has 0 aliphatic rings. The highest BCUT2D eigenvalue weighted by Gasteiger charge is 2.14. The molecule has 0 radical (unpaired) electrons. The predicted molar refractivity (Wildman–Crippen MR) is 110 cm³/mol. The molecule has 5 nitrogen and oxygen atoms in total. The third-order valence-electron chi connectivity index (χ3n) is 4.43. The Morgan fingerprint density at radius 3 is 2.74 bits per heavy atom. The van der Waals surface area contributed by atoms with Crippen LogP contribution in [0, 0.1) is 12.7 Å². The van der Waals surface area contributed by atoms with E-state index < -0.39 is 0 Å². The van der Waals surface area contributed by atoms with Crippen molar-refractivity contribution in [3.63, 3.8) is 0 Å². The van der Waals surface area contributed by atoms with Gasteiger partial charge in [-0.1, -0.05) is 23.7 Å². The lowest BCUT2D eigenvalue weighted by atomic mass is 10.1. The molecule has 0 amide bonds. The van der Waals surface area contributed by atoms with Gasteiger partial charge in [0.05, 0.1) is 5.02 Å². The molecule has 4 aromatic rings. The third-order valence-corrected chi connectivity index (χ3v) is 4.64. The van der Waals surface area contributed by atoms with Gasteiger partial charge in [0.25, 0.3) is 0 Å². The first-order valence-electron chi connectivity index (χ1n) is 8.50. The van der Waals surface area contributed by atoms with Gasteiger partial charge in [0.2, 0.25) is 0 Å². The highest BCUT2D eigenvalue weighted by atomic mass is 35.5. The Morgan fingerprint density at radius 2 is 1.96 bits per heavy atom. The topological polar surface area (TPSA) is 66.5 Å². The number of H-pyrrole nitrogens is 1. The smallest absolute Gasteiger partial charge is 0.163 e. The molecule has 1 atom stereocenters. The molecule has 3 heterocycles. The van der Waals surface area contributed by atoms with Gasteiger partial charge in [-0.15, -0.1) is 0 Å². The standard InChI is InChI=1S/C20H17ClFN5.2H2/c1-11-8-23-20(17-10-25-19-16(17)7-14(21)9-24-19)27-18(11)26-12(2)13-3-5-15(22)6-4-13;;/h3-10,12H,1-2H3,(H,24,25)(H,23,26,27);2*1H/t12-;;/m0../s1. The Labute approximate surface area is 163 Å². The summed E-state index contributed by atoms with van der Waals surface area (Å²) in [7, 11) is 0. The molecule has 0 aliphatic carbocycles. The normalized spacial score (nSPS) is 12.3. The summed E-state index contributed by atoms with van der Waals surface area (Å²) in [5, 5.41) is 4.80. The SMILES string of the molecule is Cc1cnc(-c2c[nH]c3ncc(Cl)cc23)nc1N[C@@H](C)c1ccc(F)cc1.[HH].[HH]. The van der Waals surface area contributed by atoms with Crippen LogP contribution in [0.1, 0.15) is 26.9 Å². The number of hydrogen-bond acceptors (Lipinski definition) is 4. The fourth-order valence-corrected chi connectivity index (χ4v) is 3.08. The fourth-order valence-electron chi connectivity index (χ4n) is 2.92. The van der Waals surface area contributed by atoms with Crippen LogP contribution in [0.3, 0.4) is 0 Å². The number of halogens is 2. The maximum Gasteiger partial charge on any atom is 0.163 e. The lowest BCUT2D eigenvalue weighted by Crippen LogP contribution is -2.10. The van der Waals surface area contributed by atoms with E-state index in [2.05, 4.69) is 20.3 Å². The van der Waals surface area contributed by atoms with Gasteiger partial charge < -0.3 is 10.3 Å². The van der Waals surface area contributed by atoms with E-state index in [1.807, 2.05) is 26.1 Å². The van der Waals surface area contributed by atoms with Gasteiger partial charge in [-0.05, 0) is 37.6 Å². The maximum atomic E-state index is 13.1. The van der Waals surface area contributed by atoms with Crippen LogP contribution < -0.4 is 5.32 Å². The van der Waals surface area contributed by atoms with Gasteiger partial charge in [0.15, 0.2) is 5.82 Å². The second-order valence-electron chi connectivity index (χ2n) is 6.39. The van der Waals surface area contributed by atoms with Crippen molar-refractivity contribution >= 4 is 28.5 Å². The number of benzene rings is 1. The van der Waals surface area contributed by atoms with Crippen LogP contribution in [-0.4, -0.2) is 19.9 Å². The second kappa shape index (κ2) is 6.96. The number of aromatic amines is 1. The monoisotopic (exact) mass is 385 g/mol. The van der Waals surface area contributed by atoms with Crippen LogP contribution in [0.5, 0.6) is 0 Å². The number of nitrogens with zero attached hydrogens (tertiary/aromatic N) is 3. The molecule has 0 saturated heterocycles. The number of aryl methyl sites for hydroxylation is 1. The highest BCUT2D eigenvalue weighted by molar-refractivity contribution is 6.31. The molecule has 0 fully saturated rings. The average molecular weight is 386 g/mol. The molecule has 0 aliphatic heterocycles. The summed E-state index contributed by atoms with van der Waals surface area (Å²) in [5.74, 6) is 1.05. The fraction of sp³-hybridized carbons (Fsp3) is 0.150. The first kappa shape index (κ1) is 17.4. The van der Waals surface area contributed by atoms with E-state index in [9.17, 15) is 4.39 Å². The molecule has 7 heteroatoms. The number of nitrogens with one attached hydrogen (secondary N) is 2. The zero-order valence-electron chi connectivity index (χ0n) is 14.8. The minimum atomic E-state index is -0.252. The Kier molecular flexibility index (Phi) is 4.49. The molecular formula is C20H21ClFN5. The van der Waals surface area contributed by atoms with Crippen LogP contribution in [0.2, 0.25) is 5.02 Å². The number of hydrogen-bond donors (Lipinski definition) is 2. The number of aromatic nitrogens is 4. The van der Waals surface area contributed by atoms with Crippen molar-refractivity contribution in [2.45, 2.75) is 19.9 Å². The van der Waals surface area contributed by atoms with Gasteiger partial charge in [-0.2, -0.15) is 0 Å². The predicted octanol–water partition coefficient (Wildman–Crippen LogP) is 5.79. The molecule has 0 spiro atoms. The van der Waals surface area contributed by atoms with Gasteiger partial charge in [-0.3, -0.25) is 0 Å². The van der Waals surface area contributed by atoms with Gasteiger partial charge in [0, 0.05) is 44.0 Å². The zero-order chi connectivity index (χ0) is 19.0. The van der Waals surface area contributed by atoms with Crippen LogP contribution in [-0.2, 0) is 0 Å². The van der Waals surface area contributed by atoms with Crippen molar-refractivity contribution in [1.29, 1.82) is 0 Å². The van der Waals surface area contributed by atoms with E-state index in [4.69, 9.17) is 16.6 Å². The quantitative estimate of drug-likeness (QED) is 0.467. The first-order valence-corrected chi connectivity index (χ1v) is 8.87. The Hall–Kier alpha value is -2.99. The summed E-state index contributed by atoms with van der Waals surface area (Å²) < 4.78 is 13.1. The van der Waals surface area contributed by atoms with Crippen molar-refractivity contribution < 1.29 is 7.24 Å². The zero-order valence-corrected chi connectivity index (χ0v) is 15.5. The van der Waals surface area contributed by atoms with E-state index in [1.54, 1.807) is 24.5 Å². The highest BCUT2D eigenvalue weighted by Crippen LogP contribution is 2.29. The molecule has 0 saturated carbocycles. The summed E-state index contributed by atoms with van der Waals surface area (Å²) in [6.07, 6.45) is 5.20. The maximum absolute atomic E-state index is 13.1. The van der Waals surface area contributed by atoms with Crippen molar-refractivity contribution in [3.05, 3.63) is 70.9 Å². The average Bonchev–Trinajstić information content (AvgIpc) is 3.07. The van der Waals surface area contributed by atoms with E-state index >= 15 is 0 Å². The van der Waals surface area contributed by atoms with Crippen LogP contribution in [0.4, 0.5) is 10.2 Å². The minimum Gasteiger partial charge on any atom is -0.363 e. The van der Waals surface area contributed by atoms with Crippen molar-refractivity contribution in [2.24, 2.45) is 0 Å². The molecule has 140 valence electrons. The first-order chi connectivity index (χ1) is 13.0. The van der Waals surface area contributed by atoms with E-state index in [-0.39, 0.29) is 14.7 Å². The summed E-state index contributed by atoms with van der Waals surface area (Å²) >= 11 is 6.08. The van der Waals surface area contributed by atoms with Crippen LogP contribution >= 0.6 is 11.6 Å². The molecule has 27 heavy (non-hydrogen) atoms. The number of anilines is 1. The Bertz CT molecular complexity index is 1120. The van der Waals surface area contributed by atoms with Crippen molar-refractivity contribution in [2.75, 3.05) is 5.32 Å². The number of rotatable bonds is 4. The van der Waals surface area contributed by atoms with Crippen LogP contribution in [0.25, 0.3) is 22.4 Å². The van der Waals surface area contributed by atoms with E-state index in [1.165, 1.54) is 12.1 Å². The van der Waals surface area contributed by atoms with Gasteiger partial charge in [-0.25, -0.2) is 19.3 Å². The summed E-state index contributed by atoms with van der Waals surface area (Å²) in [4.78, 5) is 16.5. The molecule has 1 aromatic carbocycles. The number of pyridine rings is 1. The molecule has 4 rings (SSSR count). The van der Waals surface area contributed by atoms with Crippen molar-refractivity contribution in [1.82, 2.24) is 19.9 Å². The molecule has 2 N–H and O–H groups in total. The van der Waals surface area contributed by atoms with Gasteiger partial charge >= 0.3 is 0 Å². The second-order valence-corrected chi connectivity index (χ2v) is 6.83.